The molecule has 0 saturated carbocycles. The van der Waals surface area contributed by atoms with Crippen molar-refractivity contribution in [1.82, 2.24) is 15.8 Å². The van der Waals surface area contributed by atoms with Crippen molar-refractivity contribution >= 4 is 29.1 Å². The standard InChI is InChI=1S/C18H18FN3O3S/c19-14-7-2-1-6-13(14)17(24)21-20-16(23)12-5-3-9-22(11-12)18(25)15-8-4-10-26-15/h1-2,4,6-8,10,12H,3,5,9,11H2,(H,20,23)(H,21,24). The second kappa shape index (κ2) is 8.09. The Morgan fingerprint density at radius 3 is 2.65 bits per heavy atom. The molecule has 0 spiro atoms. The topological polar surface area (TPSA) is 78.5 Å². The Labute approximate surface area is 154 Å². The van der Waals surface area contributed by atoms with Crippen LogP contribution in [0.2, 0.25) is 0 Å². The van der Waals surface area contributed by atoms with Crippen LogP contribution in [0.25, 0.3) is 0 Å². The van der Waals surface area contributed by atoms with Gasteiger partial charge < -0.3 is 4.90 Å². The van der Waals surface area contributed by atoms with Crippen molar-refractivity contribution in [2.75, 3.05) is 13.1 Å². The summed E-state index contributed by atoms with van der Waals surface area (Å²) in [5.41, 5.74) is 4.41. The van der Waals surface area contributed by atoms with E-state index in [9.17, 15) is 18.8 Å². The van der Waals surface area contributed by atoms with E-state index in [1.165, 1.54) is 35.6 Å². The molecule has 2 aromatic rings. The Morgan fingerprint density at radius 1 is 1.12 bits per heavy atom. The quantitative estimate of drug-likeness (QED) is 0.808. The molecule has 8 heteroatoms. The van der Waals surface area contributed by atoms with Crippen LogP contribution in [0.15, 0.2) is 41.8 Å². The molecule has 6 nitrogen and oxygen atoms in total. The van der Waals surface area contributed by atoms with Crippen LogP contribution >= 0.6 is 11.3 Å². The molecule has 1 fully saturated rings. The first kappa shape index (κ1) is 18.1. The Hall–Kier alpha value is -2.74. The highest BCUT2D eigenvalue weighted by Gasteiger charge is 2.29. The highest BCUT2D eigenvalue weighted by molar-refractivity contribution is 7.12. The first-order chi connectivity index (χ1) is 12.6. The van der Waals surface area contributed by atoms with Crippen molar-refractivity contribution < 1.29 is 18.8 Å². The number of piperidine rings is 1. The number of hydrazine groups is 1. The first-order valence-electron chi connectivity index (χ1n) is 8.24. The molecule has 0 aliphatic carbocycles. The molecule has 1 aliphatic rings. The lowest BCUT2D eigenvalue weighted by atomic mass is 9.97. The Morgan fingerprint density at radius 2 is 1.92 bits per heavy atom. The predicted octanol–water partition coefficient (Wildman–Crippen LogP) is 2.20. The summed E-state index contributed by atoms with van der Waals surface area (Å²) in [4.78, 5) is 39.0. The normalized spacial score (nSPS) is 16.8. The molecule has 2 heterocycles. The molecule has 26 heavy (non-hydrogen) atoms. The van der Waals surface area contributed by atoms with Gasteiger partial charge in [0.25, 0.3) is 11.8 Å². The number of amides is 3. The molecule has 2 N–H and O–H groups in total. The van der Waals surface area contributed by atoms with Gasteiger partial charge in [-0.05, 0) is 36.4 Å². The number of halogens is 1. The Bertz CT molecular complexity index is 810. The van der Waals surface area contributed by atoms with E-state index in [0.29, 0.717) is 24.3 Å². The Kier molecular flexibility index (Phi) is 5.62. The van der Waals surface area contributed by atoms with Crippen molar-refractivity contribution in [3.8, 4) is 0 Å². The summed E-state index contributed by atoms with van der Waals surface area (Å²) in [7, 11) is 0. The van der Waals surface area contributed by atoms with Gasteiger partial charge in [-0.3, -0.25) is 25.2 Å². The summed E-state index contributed by atoms with van der Waals surface area (Å²) in [6.07, 6.45) is 1.33. The van der Waals surface area contributed by atoms with Gasteiger partial charge in [0, 0.05) is 13.1 Å². The zero-order valence-electron chi connectivity index (χ0n) is 13.9. The molecule has 1 aromatic carbocycles. The largest absolute Gasteiger partial charge is 0.337 e. The van der Waals surface area contributed by atoms with Gasteiger partial charge in [-0.15, -0.1) is 11.3 Å². The van der Waals surface area contributed by atoms with Gasteiger partial charge in [0.15, 0.2) is 0 Å². The first-order valence-corrected chi connectivity index (χ1v) is 9.11. The van der Waals surface area contributed by atoms with Crippen LogP contribution in [-0.4, -0.2) is 35.7 Å². The van der Waals surface area contributed by atoms with E-state index in [2.05, 4.69) is 10.9 Å². The summed E-state index contributed by atoms with van der Waals surface area (Å²) >= 11 is 1.36. The van der Waals surface area contributed by atoms with Gasteiger partial charge in [0.05, 0.1) is 16.4 Å². The maximum atomic E-state index is 13.6. The highest BCUT2D eigenvalue weighted by atomic mass is 32.1. The van der Waals surface area contributed by atoms with E-state index in [1.807, 2.05) is 11.4 Å². The molecular weight excluding hydrogens is 357 g/mol. The number of hydrogen-bond donors (Lipinski definition) is 2. The van der Waals surface area contributed by atoms with Gasteiger partial charge >= 0.3 is 0 Å². The highest BCUT2D eigenvalue weighted by Crippen LogP contribution is 2.20. The van der Waals surface area contributed by atoms with Crippen LogP contribution < -0.4 is 10.9 Å². The predicted molar refractivity (Wildman–Crippen MR) is 95.0 cm³/mol. The lowest BCUT2D eigenvalue weighted by Gasteiger charge is -2.31. The van der Waals surface area contributed by atoms with Gasteiger partial charge in [0.2, 0.25) is 5.91 Å². The van der Waals surface area contributed by atoms with E-state index >= 15 is 0 Å². The summed E-state index contributed by atoms with van der Waals surface area (Å²) < 4.78 is 13.6. The molecule has 1 aromatic heterocycles. The van der Waals surface area contributed by atoms with E-state index in [-0.39, 0.29) is 18.0 Å². The number of nitrogens with zero attached hydrogens (tertiary/aromatic N) is 1. The second-order valence-electron chi connectivity index (χ2n) is 5.99. The molecule has 3 amide bonds. The molecule has 0 radical (unpaired) electrons. The number of benzene rings is 1. The van der Waals surface area contributed by atoms with Crippen molar-refractivity contribution in [3.63, 3.8) is 0 Å². The van der Waals surface area contributed by atoms with Crippen LogP contribution in [0.5, 0.6) is 0 Å². The molecule has 1 unspecified atom stereocenters. The average Bonchev–Trinajstić information content (AvgIpc) is 3.20. The SMILES string of the molecule is O=C(NNC(=O)C1CCCN(C(=O)c2cccs2)C1)c1ccccc1F. The van der Waals surface area contributed by atoms with Gasteiger partial charge in [-0.1, -0.05) is 18.2 Å². The van der Waals surface area contributed by atoms with Crippen molar-refractivity contribution in [2.45, 2.75) is 12.8 Å². The molecular formula is C18H18FN3O3S. The van der Waals surface area contributed by atoms with Gasteiger partial charge in [-0.2, -0.15) is 0 Å². The van der Waals surface area contributed by atoms with Crippen LogP contribution in [0.3, 0.4) is 0 Å². The minimum Gasteiger partial charge on any atom is -0.337 e. The zero-order valence-corrected chi connectivity index (χ0v) is 14.7. The lowest BCUT2D eigenvalue weighted by Crippen LogP contribution is -2.50. The van der Waals surface area contributed by atoms with Crippen LogP contribution in [0.4, 0.5) is 4.39 Å². The Balaban J connectivity index is 1.55. The van der Waals surface area contributed by atoms with E-state index in [1.54, 1.807) is 11.0 Å². The van der Waals surface area contributed by atoms with Gasteiger partial charge in [0.1, 0.15) is 5.82 Å². The summed E-state index contributed by atoms with van der Waals surface area (Å²) in [5, 5.41) is 1.83. The fourth-order valence-corrected chi connectivity index (χ4v) is 3.56. The van der Waals surface area contributed by atoms with E-state index in [0.717, 1.165) is 0 Å². The number of nitrogens with one attached hydrogen (secondary N) is 2. The maximum absolute atomic E-state index is 13.6. The molecule has 3 rings (SSSR count). The smallest absolute Gasteiger partial charge is 0.272 e. The number of hydrogen-bond acceptors (Lipinski definition) is 4. The third kappa shape index (κ3) is 4.08. The average molecular weight is 375 g/mol. The molecule has 1 aliphatic heterocycles. The fraction of sp³-hybridized carbons (Fsp3) is 0.278. The summed E-state index contributed by atoms with van der Waals surface area (Å²) in [6.45, 7) is 0.889. The minimum absolute atomic E-state index is 0.0899. The van der Waals surface area contributed by atoms with Crippen molar-refractivity contribution in [2.24, 2.45) is 5.92 Å². The zero-order chi connectivity index (χ0) is 18.5. The fourth-order valence-electron chi connectivity index (χ4n) is 2.86. The molecule has 1 saturated heterocycles. The lowest BCUT2D eigenvalue weighted by molar-refractivity contribution is -0.127. The number of thiophene rings is 1. The van der Waals surface area contributed by atoms with E-state index < -0.39 is 23.5 Å². The van der Waals surface area contributed by atoms with Gasteiger partial charge in [-0.25, -0.2) is 4.39 Å². The van der Waals surface area contributed by atoms with E-state index in [4.69, 9.17) is 0 Å². The summed E-state index contributed by atoms with van der Waals surface area (Å²) in [6, 6.07) is 9.08. The molecule has 136 valence electrons. The third-order valence-corrected chi connectivity index (χ3v) is 5.09. The summed E-state index contributed by atoms with van der Waals surface area (Å²) in [5.74, 6) is -2.29. The molecule has 1 atom stereocenters. The number of carbonyl (C=O) groups is 3. The van der Waals surface area contributed by atoms with Crippen LogP contribution in [0.1, 0.15) is 32.9 Å². The minimum atomic E-state index is -0.723. The van der Waals surface area contributed by atoms with Crippen molar-refractivity contribution in [1.29, 1.82) is 0 Å². The van der Waals surface area contributed by atoms with Crippen LogP contribution in [-0.2, 0) is 4.79 Å². The third-order valence-electron chi connectivity index (χ3n) is 4.23. The second-order valence-corrected chi connectivity index (χ2v) is 6.94. The number of carbonyl (C=O) groups excluding carboxylic acids is 3. The number of rotatable bonds is 3. The van der Waals surface area contributed by atoms with Crippen LogP contribution in [0, 0.1) is 11.7 Å². The molecule has 0 bridgehead atoms. The maximum Gasteiger partial charge on any atom is 0.272 e. The number of likely N-dealkylation sites (tertiary alicyclic amines) is 1. The monoisotopic (exact) mass is 375 g/mol. The van der Waals surface area contributed by atoms with Crippen molar-refractivity contribution in [3.05, 3.63) is 58.0 Å².